The summed E-state index contributed by atoms with van der Waals surface area (Å²) >= 11 is 0. The number of carbonyl (C=O) groups is 1. The molecule has 21 heavy (non-hydrogen) atoms. The summed E-state index contributed by atoms with van der Waals surface area (Å²) in [5.74, 6) is 0. The number of pyridine rings is 2. The molecule has 1 amide bonds. The third-order valence-electron chi connectivity index (χ3n) is 2.63. The molecular formula is C15H15N3O3. The van der Waals surface area contributed by atoms with Crippen LogP contribution in [0, 0.1) is 11.3 Å². The molecule has 0 radical (unpaired) electrons. The van der Waals surface area contributed by atoms with Crippen LogP contribution in [-0.4, -0.2) is 16.1 Å². The number of ether oxygens (including phenoxy) is 1. The van der Waals surface area contributed by atoms with Gasteiger partial charge in [0.15, 0.2) is 0 Å². The number of rotatable bonds is 1. The fraction of sp³-hybridized carbons (Fsp3) is 0.267. The predicted octanol–water partition coefficient (Wildman–Crippen LogP) is 2.52. The highest BCUT2D eigenvalue weighted by Gasteiger charge is 2.18. The van der Waals surface area contributed by atoms with Crippen LogP contribution in [0.2, 0.25) is 0 Å². The van der Waals surface area contributed by atoms with Gasteiger partial charge in [-0.15, -0.1) is 0 Å². The zero-order valence-corrected chi connectivity index (χ0v) is 12.0. The highest BCUT2D eigenvalue weighted by molar-refractivity contribution is 5.85. The van der Waals surface area contributed by atoms with E-state index >= 15 is 0 Å². The lowest BCUT2D eigenvalue weighted by Crippen LogP contribution is -2.30. The summed E-state index contributed by atoms with van der Waals surface area (Å²) in [6.45, 7) is 5.17. The lowest BCUT2D eigenvalue weighted by Gasteiger charge is -2.19. The standard InChI is InChI=1S/C15H15N3O3/c1-15(2,3)21-14(20)17-11-8-10(9-16)12-6-4-5-7-18(12)13(11)19/h4-8H,1-3H3,(H,17,20). The summed E-state index contributed by atoms with van der Waals surface area (Å²) in [6, 6.07) is 8.43. The van der Waals surface area contributed by atoms with Gasteiger partial charge in [0.05, 0.1) is 11.1 Å². The van der Waals surface area contributed by atoms with Crippen molar-refractivity contribution in [3.8, 4) is 6.07 Å². The number of fused-ring (bicyclic) bond motifs is 1. The molecule has 0 aromatic carbocycles. The molecular weight excluding hydrogens is 270 g/mol. The van der Waals surface area contributed by atoms with E-state index in [1.807, 2.05) is 6.07 Å². The minimum atomic E-state index is -0.737. The number of aromatic nitrogens is 1. The zero-order valence-electron chi connectivity index (χ0n) is 12.0. The number of nitriles is 1. The molecule has 0 atom stereocenters. The zero-order chi connectivity index (χ0) is 15.6. The molecule has 108 valence electrons. The van der Waals surface area contributed by atoms with E-state index in [2.05, 4.69) is 5.32 Å². The number of anilines is 1. The first-order valence-electron chi connectivity index (χ1n) is 6.36. The number of nitrogens with one attached hydrogen (secondary N) is 1. The number of nitrogens with zero attached hydrogens (tertiary/aromatic N) is 2. The Bertz CT molecular complexity index is 794. The maximum Gasteiger partial charge on any atom is 0.412 e. The van der Waals surface area contributed by atoms with Crippen molar-refractivity contribution in [2.45, 2.75) is 26.4 Å². The van der Waals surface area contributed by atoms with Crippen LogP contribution >= 0.6 is 0 Å². The second-order valence-electron chi connectivity index (χ2n) is 5.47. The van der Waals surface area contributed by atoms with E-state index < -0.39 is 17.3 Å². The lowest BCUT2D eigenvalue weighted by molar-refractivity contribution is 0.0635. The highest BCUT2D eigenvalue weighted by atomic mass is 16.6. The van der Waals surface area contributed by atoms with Crippen molar-refractivity contribution in [3.63, 3.8) is 0 Å². The fourth-order valence-corrected chi connectivity index (χ4v) is 1.84. The summed E-state index contributed by atoms with van der Waals surface area (Å²) in [4.78, 5) is 24.0. The van der Waals surface area contributed by atoms with Gasteiger partial charge in [0.2, 0.25) is 0 Å². The molecule has 0 fully saturated rings. The molecule has 0 saturated carbocycles. The Kier molecular flexibility index (Phi) is 3.68. The summed E-state index contributed by atoms with van der Waals surface area (Å²) in [5, 5.41) is 11.6. The van der Waals surface area contributed by atoms with Crippen LogP contribution in [0.5, 0.6) is 0 Å². The molecule has 6 nitrogen and oxygen atoms in total. The van der Waals surface area contributed by atoms with Crippen LogP contribution in [0.4, 0.5) is 10.5 Å². The molecule has 0 spiro atoms. The van der Waals surface area contributed by atoms with Crippen molar-refractivity contribution in [3.05, 3.63) is 46.4 Å². The summed E-state index contributed by atoms with van der Waals surface area (Å²) in [5.41, 5.74) is -0.309. The SMILES string of the molecule is CC(C)(C)OC(=O)Nc1cc(C#N)c2ccccn2c1=O. The number of amides is 1. The first-order valence-corrected chi connectivity index (χ1v) is 6.36. The van der Waals surface area contributed by atoms with E-state index in [1.54, 1.807) is 45.2 Å². The Morgan fingerprint density at radius 2 is 2.10 bits per heavy atom. The van der Waals surface area contributed by atoms with Gasteiger partial charge < -0.3 is 4.74 Å². The van der Waals surface area contributed by atoms with Gasteiger partial charge in [0.1, 0.15) is 17.4 Å². The van der Waals surface area contributed by atoms with E-state index in [9.17, 15) is 9.59 Å². The average molecular weight is 285 g/mol. The smallest absolute Gasteiger partial charge is 0.412 e. The molecule has 0 aliphatic rings. The maximum atomic E-state index is 12.3. The molecule has 0 aliphatic carbocycles. The summed E-state index contributed by atoms with van der Waals surface area (Å²) in [7, 11) is 0. The quantitative estimate of drug-likeness (QED) is 0.872. The monoisotopic (exact) mass is 285 g/mol. The van der Waals surface area contributed by atoms with Gasteiger partial charge in [0, 0.05) is 6.20 Å². The van der Waals surface area contributed by atoms with Crippen molar-refractivity contribution in [2.24, 2.45) is 0 Å². The Morgan fingerprint density at radius 3 is 2.71 bits per heavy atom. The second kappa shape index (κ2) is 5.29. The van der Waals surface area contributed by atoms with Crippen molar-refractivity contribution >= 4 is 17.3 Å². The Morgan fingerprint density at radius 1 is 1.38 bits per heavy atom. The van der Waals surface area contributed by atoms with Gasteiger partial charge >= 0.3 is 6.09 Å². The van der Waals surface area contributed by atoms with E-state index in [1.165, 1.54) is 10.5 Å². The third kappa shape index (κ3) is 3.20. The average Bonchev–Trinajstić information content (AvgIpc) is 2.40. The summed E-state index contributed by atoms with van der Waals surface area (Å²) in [6.07, 6.45) is 0.804. The van der Waals surface area contributed by atoms with Gasteiger partial charge in [-0.1, -0.05) is 6.07 Å². The first kappa shape index (κ1) is 14.6. The van der Waals surface area contributed by atoms with Crippen molar-refractivity contribution < 1.29 is 9.53 Å². The molecule has 1 N–H and O–H groups in total. The van der Waals surface area contributed by atoms with E-state index in [-0.39, 0.29) is 5.69 Å². The second-order valence-corrected chi connectivity index (χ2v) is 5.47. The maximum absolute atomic E-state index is 12.3. The molecule has 2 heterocycles. The van der Waals surface area contributed by atoms with Crippen LogP contribution in [0.15, 0.2) is 35.3 Å². The topological polar surface area (TPSA) is 83.6 Å². The van der Waals surface area contributed by atoms with Crippen LogP contribution < -0.4 is 10.9 Å². The number of carbonyl (C=O) groups excluding carboxylic acids is 1. The van der Waals surface area contributed by atoms with Gasteiger partial charge in [-0.3, -0.25) is 14.5 Å². The van der Waals surface area contributed by atoms with Gasteiger partial charge in [-0.25, -0.2) is 4.79 Å². The van der Waals surface area contributed by atoms with E-state index in [0.29, 0.717) is 11.1 Å². The molecule has 2 rings (SSSR count). The molecule has 6 heteroatoms. The minimum Gasteiger partial charge on any atom is -0.444 e. The van der Waals surface area contributed by atoms with Crippen LogP contribution in [0.1, 0.15) is 26.3 Å². The predicted molar refractivity (Wildman–Crippen MR) is 78.2 cm³/mol. The van der Waals surface area contributed by atoms with Crippen LogP contribution in [0.3, 0.4) is 0 Å². The third-order valence-corrected chi connectivity index (χ3v) is 2.63. The highest BCUT2D eigenvalue weighted by Crippen LogP contribution is 2.14. The van der Waals surface area contributed by atoms with Crippen LogP contribution in [0.25, 0.3) is 5.52 Å². The first-order chi connectivity index (χ1) is 9.81. The minimum absolute atomic E-state index is 0.00417. The van der Waals surface area contributed by atoms with Crippen molar-refractivity contribution in [2.75, 3.05) is 5.32 Å². The normalized spacial score (nSPS) is 11.0. The molecule has 0 bridgehead atoms. The molecule has 2 aromatic heterocycles. The van der Waals surface area contributed by atoms with Gasteiger partial charge in [0.25, 0.3) is 5.56 Å². The fourth-order valence-electron chi connectivity index (χ4n) is 1.84. The Balaban J connectivity index is 2.47. The number of hydrogen-bond donors (Lipinski definition) is 1. The Labute approximate surface area is 121 Å². The number of hydrogen-bond acceptors (Lipinski definition) is 4. The Hall–Kier alpha value is -2.81. The molecule has 0 aliphatic heterocycles. The van der Waals surface area contributed by atoms with Crippen molar-refractivity contribution in [1.29, 1.82) is 5.26 Å². The van der Waals surface area contributed by atoms with Crippen molar-refractivity contribution in [1.82, 2.24) is 4.40 Å². The molecule has 0 saturated heterocycles. The van der Waals surface area contributed by atoms with E-state index in [0.717, 1.165) is 0 Å². The molecule has 0 unspecified atom stereocenters. The van der Waals surface area contributed by atoms with Gasteiger partial charge in [-0.2, -0.15) is 5.26 Å². The van der Waals surface area contributed by atoms with E-state index in [4.69, 9.17) is 10.00 Å². The summed E-state index contributed by atoms with van der Waals surface area (Å²) < 4.78 is 6.41. The lowest BCUT2D eigenvalue weighted by atomic mass is 10.2. The largest absolute Gasteiger partial charge is 0.444 e. The van der Waals surface area contributed by atoms with Gasteiger partial charge in [-0.05, 0) is 39.0 Å². The molecule has 2 aromatic rings. The van der Waals surface area contributed by atoms with Crippen LogP contribution in [-0.2, 0) is 4.74 Å².